The lowest BCUT2D eigenvalue weighted by Gasteiger charge is -2.34. The first-order chi connectivity index (χ1) is 20.5. The number of hydrogen-bond donors (Lipinski definition) is 3. The van der Waals surface area contributed by atoms with E-state index in [1.807, 2.05) is 49.5 Å². The maximum Gasteiger partial charge on any atom is 0.251 e. The number of hydrogen-bond acceptors (Lipinski definition) is 11. The number of aromatic nitrogens is 4. The Morgan fingerprint density at radius 3 is 2.88 bits per heavy atom. The molecule has 6 heterocycles. The Morgan fingerprint density at radius 2 is 2.07 bits per heavy atom. The molecule has 3 saturated heterocycles. The van der Waals surface area contributed by atoms with Crippen LogP contribution in [0.4, 0.5) is 17.6 Å². The van der Waals surface area contributed by atoms with Gasteiger partial charge in [-0.2, -0.15) is 4.98 Å². The number of aliphatic hydroxyl groups is 1. The van der Waals surface area contributed by atoms with Gasteiger partial charge in [-0.25, -0.2) is 15.0 Å². The van der Waals surface area contributed by atoms with Gasteiger partial charge in [-0.05, 0) is 38.3 Å². The van der Waals surface area contributed by atoms with Crippen LogP contribution in [-0.4, -0.2) is 93.4 Å². The van der Waals surface area contributed by atoms with Gasteiger partial charge in [0, 0.05) is 73.5 Å². The van der Waals surface area contributed by atoms with Crippen molar-refractivity contribution in [3.05, 3.63) is 53.9 Å². The van der Waals surface area contributed by atoms with E-state index in [0.29, 0.717) is 35.9 Å². The summed E-state index contributed by atoms with van der Waals surface area (Å²) >= 11 is 1.55. The Bertz CT molecular complexity index is 1610. The molecule has 12 heteroatoms. The lowest BCUT2D eigenvalue weighted by molar-refractivity contribution is 0.0624. The Hall–Kier alpha value is -3.71. The Labute approximate surface area is 248 Å². The molecule has 0 unspecified atom stereocenters. The first-order valence-electron chi connectivity index (χ1n) is 14.5. The van der Waals surface area contributed by atoms with Crippen LogP contribution in [0.2, 0.25) is 0 Å². The smallest absolute Gasteiger partial charge is 0.251 e. The van der Waals surface area contributed by atoms with Crippen molar-refractivity contribution < 1.29 is 14.6 Å². The number of nitrogens with one attached hydrogen (secondary N) is 2. The fourth-order valence-corrected chi connectivity index (χ4v) is 7.13. The predicted molar refractivity (Wildman–Crippen MR) is 162 cm³/mol. The van der Waals surface area contributed by atoms with E-state index >= 15 is 0 Å². The van der Waals surface area contributed by atoms with Crippen LogP contribution in [0, 0.1) is 6.92 Å². The molecule has 2 bridgehead atoms. The molecule has 1 aromatic carbocycles. The van der Waals surface area contributed by atoms with E-state index in [1.54, 1.807) is 11.3 Å². The number of aliphatic hydroxyl groups excluding tert-OH is 1. The number of fused-ring (bicyclic) bond motifs is 3. The summed E-state index contributed by atoms with van der Waals surface area (Å²) in [5.74, 6) is 1.98. The van der Waals surface area contributed by atoms with Gasteiger partial charge in [0.1, 0.15) is 16.6 Å². The first kappa shape index (κ1) is 27.1. The third kappa shape index (κ3) is 5.54. The highest BCUT2D eigenvalue weighted by atomic mass is 32.1. The van der Waals surface area contributed by atoms with Crippen molar-refractivity contribution in [2.45, 2.75) is 44.3 Å². The number of likely N-dealkylation sites (tertiary alicyclic amines) is 1. The molecular formula is C30H34N8O3S. The number of thiazole rings is 1. The number of rotatable bonds is 8. The Balaban J connectivity index is 1.07. The van der Waals surface area contributed by atoms with Gasteiger partial charge in [0.05, 0.1) is 29.5 Å². The summed E-state index contributed by atoms with van der Waals surface area (Å²) in [5, 5.41) is 16.6. The number of benzene rings is 1. The number of pyridine rings is 1. The largest absolute Gasteiger partial charge is 0.395 e. The molecule has 1 amide bonds. The zero-order valence-corrected chi connectivity index (χ0v) is 24.3. The van der Waals surface area contributed by atoms with Crippen molar-refractivity contribution in [3.63, 3.8) is 0 Å². The average Bonchev–Trinajstić information content (AvgIpc) is 3.72. The fraction of sp³-hybridized carbons (Fsp3) is 0.433. The average molecular weight is 587 g/mol. The molecule has 218 valence electrons. The number of carbonyl (C=O) groups excluding carboxylic acids is 1. The molecule has 7 rings (SSSR count). The highest BCUT2D eigenvalue weighted by molar-refractivity contribution is 7.21. The van der Waals surface area contributed by atoms with Crippen molar-refractivity contribution in [3.8, 4) is 10.6 Å². The highest BCUT2D eigenvalue weighted by Gasteiger charge is 2.44. The van der Waals surface area contributed by atoms with Crippen LogP contribution < -0.4 is 15.5 Å². The zero-order valence-electron chi connectivity index (χ0n) is 23.5. The van der Waals surface area contributed by atoms with Gasteiger partial charge in [-0.1, -0.05) is 12.1 Å². The molecule has 0 spiro atoms. The number of carbonyl (C=O) groups is 1. The molecule has 4 aromatic rings. The highest BCUT2D eigenvalue weighted by Crippen LogP contribution is 2.34. The molecule has 0 saturated carbocycles. The monoisotopic (exact) mass is 586 g/mol. The maximum atomic E-state index is 12.9. The lowest BCUT2D eigenvalue weighted by Crippen LogP contribution is -2.47. The first-order valence-corrected chi connectivity index (χ1v) is 15.3. The van der Waals surface area contributed by atoms with Gasteiger partial charge in [-0.15, -0.1) is 11.3 Å². The number of anilines is 3. The summed E-state index contributed by atoms with van der Waals surface area (Å²) in [5.41, 5.74) is 3.22. The lowest BCUT2D eigenvalue weighted by atomic mass is 10.1. The standard InChI is InChI=1S/C30H34N8O3S/c1-18-10-27(36-30(32-18)38-16-22-12-23(38)15-37(22)7-8-39)35-26-13-24-25(14-31-26)42-29(34-24)20-5-2-4-19(11-20)28(40)33-21-6-3-9-41-17-21/h2,4-5,10-11,13-14,21-23,39H,3,6-9,12,15-17H2,1H3,(H,33,40)(H,31,32,35,36)/t21-,22+,23+/m1/s1. The van der Waals surface area contributed by atoms with Crippen LogP contribution in [0.5, 0.6) is 0 Å². The number of amides is 1. The third-order valence-corrected chi connectivity index (χ3v) is 9.29. The minimum absolute atomic E-state index is 0.0526. The molecule has 3 aliphatic rings. The van der Waals surface area contributed by atoms with Crippen molar-refractivity contribution in [1.82, 2.24) is 30.2 Å². The summed E-state index contributed by atoms with van der Waals surface area (Å²) in [6.07, 6.45) is 4.80. The minimum Gasteiger partial charge on any atom is -0.395 e. The van der Waals surface area contributed by atoms with E-state index in [1.165, 1.54) is 0 Å². The summed E-state index contributed by atoms with van der Waals surface area (Å²) in [6, 6.07) is 12.3. The van der Waals surface area contributed by atoms with E-state index < -0.39 is 0 Å². The van der Waals surface area contributed by atoms with Gasteiger partial charge in [0.25, 0.3) is 5.91 Å². The zero-order chi connectivity index (χ0) is 28.6. The third-order valence-electron chi connectivity index (χ3n) is 8.24. The molecule has 0 radical (unpaired) electrons. The Kier molecular flexibility index (Phi) is 7.45. The maximum absolute atomic E-state index is 12.9. The summed E-state index contributed by atoms with van der Waals surface area (Å²) in [6.45, 7) is 6.01. The molecular weight excluding hydrogens is 552 g/mol. The molecule has 3 atom stereocenters. The molecule has 42 heavy (non-hydrogen) atoms. The van der Waals surface area contributed by atoms with Crippen LogP contribution in [-0.2, 0) is 4.74 Å². The van der Waals surface area contributed by atoms with Gasteiger partial charge >= 0.3 is 0 Å². The van der Waals surface area contributed by atoms with Crippen LogP contribution in [0.3, 0.4) is 0 Å². The van der Waals surface area contributed by atoms with Crippen LogP contribution in [0.25, 0.3) is 20.8 Å². The number of aryl methyl sites for hydroxylation is 1. The fourth-order valence-electron chi connectivity index (χ4n) is 6.22. The second kappa shape index (κ2) is 11.5. The number of nitrogens with zero attached hydrogens (tertiary/aromatic N) is 6. The second-order valence-electron chi connectivity index (χ2n) is 11.3. The second-order valence-corrected chi connectivity index (χ2v) is 12.3. The van der Waals surface area contributed by atoms with Crippen LogP contribution in [0.1, 0.15) is 35.3 Å². The van der Waals surface area contributed by atoms with Crippen molar-refractivity contribution in [2.24, 2.45) is 0 Å². The van der Waals surface area contributed by atoms with E-state index in [-0.39, 0.29) is 18.6 Å². The van der Waals surface area contributed by atoms with Crippen molar-refractivity contribution in [2.75, 3.05) is 49.7 Å². The molecule has 3 aromatic heterocycles. The van der Waals surface area contributed by atoms with Gasteiger partial charge in [-0.3, -0.25) is 9.69 Å². The van der Waals surface area contributed by atoms with Gasteiger partial charge in [0.15, 0.2) is 0 Å². The van der Waals surface area contributed by atoms with Gasteiger partial charge < -0.3 is 25.4 Å². The summed E-state index contributed by atoms with van der Waals surface area (Å²) in [4.78, 5) is 36.6. The number of β-amino-alcohol motifs (C(OH)–C–C–N with tert-alkyl or cyclic N) is 1. The molecule has 3 fully saturated rings. The predicted octanol–water partition coefficient (Wildman–Crippen LogP) is 3.36. The number of ether oxygens (including phenoxy) is 1. The van der Waals surface area contributed by atoms with Crippen LogP contribution >= 0.6 is 11.3 Å². The van der Waals surface area contributed by atoms with E-state index in [2.05, 4.69) is 25.4 Å². The van der Waals surface area contributed by atoms with E-state index in [0.717, 1.165) is 77.9 Å². The normalized spacial score (nSPS) is 22.1. The molecule has 11 nitrogen and oxygen atoms in total. The van der Waals surface area contributed by atoms with Crippen molar-refractivity contribution >= 4 is 45.0 Å². The Morgan fingerprint density at radius 1 is 1.14 bits per heavy atom. The van der Waals surface area contributed by atoms with E-state index in [9.17, 15) is 9.90 Å². The molecule has 3 N–H and O–H groups in total. The minimum atomic E-state index is -0.0922. The SMILES string of the molecule is Cc1cc(Nc2cc3nc(-c4cccc(C(=O)N[C@@H]5CCCOC5)c4)sc3cn2)nc(N2C[C@@H]3C[C@H]2CN3CCO)n1. The van der Waals surface area contributed by atoms with Crippen LogP contribution in [0.15, 0.2) is 42.6 Å². The molecule has 3 aliphatic heterocycles. The quantitative estimate of drug-likeness (QED) is 0.283. The van der Waals surface area contributed by atoms with Gasteiger partial charge in [0.2, 0.25) is 5.95 Å². The summed E-state index contributed by atoms with van der Waals surface area (Å²) < 4.78 is 6.46. The van der Waals surface area contributed by atoms with Crippen molar-refractivity contribution in [1.29, 1.82) is 0 Å². The topological polar surface area (TPSA) is 129 Å². The van der Waals surface area contributed by atoms with E-state index in [4.69, 9.17) is 19.7 Å². The molecule has 0 aliphatic carbocycles. The summed E-state index contributed by atoms with van der Waals surface area (Å²) in [7, 11) is 0. The number of piperazine rings is 1.